The van der Waals surface area contributed by atoms with Crippen LogP contribution in [0, 0.1) is 5.41 Å². The van der Waals surface area contributed by atoms with Crippen LogP contribution in [0.25, 0.3) is 0 Å². The maximum Gasteiger partial charge on any atom is 0.306 e. The van der Waals surface area contributed by atoms with Crippen molar-refractivity contribution < 1.29 is 9.53 Å². The van der Waals surface area contributed by atoms with Gasteiger partial charge in [-0.1, -0.05) is 0 Å². The van der Waals surface area contributed by atoms with E-state index in [0.717, 1.165) is 18.6 Å². The predicted molar refractivity (Wildman–Crippen MR) is 51.4 cm³/mol. The maximum absolute atomic E-state index is 11.2. The van der Waals surface area contributed by atoms with Crippen molar-refractivity contribution in [3.63, 3.8) is 0 Å². The molecule has 0 aliphatic heterocycles. The topological polar surface area (TPSA) is 26.3 Å². The number of carbonyl (C=O) groups excluding carboxylic acids is 1. The number of rotatable bonds is 4. The third-order valence-electron chi connectivity index (χ3n) is 2.18. The molecule has 2 nitrogen and oxygen atoms in total. The first-order valence-electron chi connectivity index (χ1n) is 4.38. The molecule has 1 aliphatic rings. The first-order valence-corrected chi connectivity index (χ1v) is 5.02. The van der Waals surface area contributed by atoms with Gasteiger partial charge in [0, 0.05) is 0 Å². The summed E-state index contributed by atoms with van der Waals surface area (Å²) in [6.07, 6.45) is 2.82. The first kappa shape index (κ1) is 9.90. The molecule has 0 aromatic rings. The summed E-state index contributed by atoms with van der Waals surface area (Å²) >= 11 is 4.22. The van der Waals surface area contributed by atoms with Crippen molar-refractivity contribution in [3.8, 4) is 0 Å². The highest BCUT2D eigenvalue weighted by Crippen LogP contribution is 2.49. The van der Waals surface area contributed by atoms with E-state index in [-0.39, 0.29) is 17.5 Å². The van der Waals surface area contributed by atoms with Crippen molar-refractivity contribution in [1.29, 1.82) is 0 Å². The van der Waals surface area contributed by atoms with E-state index < -0.39 is 0 Å². The fraction of sp³-hybridized carbons (Fsp3) is 0.889. The molecule has 0 aromatic carbocycles. The van der Waals surface area contributed by atoms with Crippen molar-refractivity contribution in [3.05, 3.63) is 0 Å². The van der Waals surface area contributed by atoms with Gasteiger partial charge in [0.05, 0.1) is 12.5 Å². The van der Waals surface area contributed by atoms with Crippen molar-refractivity contribution in [2.45, 2.75) is 39.2 Å². The fourth-order valence-corrected chi connectivity index (χ4v) is 1.61. The van der Waals surface area contributed by atoms with Crippen molar-refractivity contribution in [1.82, 2.24) is 0 Å². The second-order valence-electron chi connectivity index (χ2n) is 3.87. The molecule has 1 aliphatic carbocycles. The molecule has 70 valence electrons. The average Bonchev–Trinajstić information content (AvgIpc) is 2.67. The van der Waals surface area contributed by atoms with Crippen LogP contribution in [0.5, 0.6) is 0 Å². The lowest BCUT2D eigenvalue weighted by molar-refractivity contribution is -0.148. The van der Waals surface area contributed by atoms with Gasteiger partial charge < -0.3 is 4.74 Å². The van der Waals surface area contributed by atoms with Gasteiger partial charge in [0.1, 0.15) is 0 Å². The zero-order valence-corrected chi connectivity index (χ0v) is 8.56. The van der Waals surface area contributed by atoms with Gasteiger partial charge in [0.15, 0.2) is 0 Å². The number of thiol groups is 1. The van der Waals surface area contributed by atoms with Gasteiger partial charge in [0.25, 0.3) is 0 Å². The minimum Gasteiger partial charge on any atom is -0.463 e. The molecule has 0 heterocycles. The zero-order valence-electron chi connectivity index (χ0n) is 7.67. The minimum absolute atomic E-state index is 0.00761. The van der Waals surface area contributed by atoms with Crippen molar-refractivity contribution in [2.75, 3.05) is 5.75 Å². The maximum atomic E-state index is 11.2. The molecule has 0 aromatic heterocycles. The van der Waals surface area contributed by atoms with Crippen LogP contribution in [0.2, 0.25) is 0 Å². The summed E-state index contributed by atoms with van der Waals surface area (Å²) in [7, 11) is 0. The normalized spacial score (nSPS) is 19.3. The Hall–Kier alpha value is -0.180. The molecule has 0 amide bonds. The Balaban J connectivity index is 2.26. The van der Waals surface area contributed by atoms with E-state index >= 15 is 0 Å². The molecule has 1 saturated carbocycles. The van der Waals surface area contributed by atoms with Crippen LogP contribution in [-0.2, 0) is 9.53 Å². The summed E-state index contributed by atoms with van der Waals surface area (Å²) in [6.45, 7) is 3.75. The Morgan fingerprint density at radius 2 is 2.17 bits per heavy atom. The molecule has 12 heavy (non-hydrogen) atoms. The van der Waals surface area contributed by atoms with Crippen LogP contribution in [0.15, 0.2) is 0 Å². The Bertz CT molecular complexity index is 173. The number of hydrogen-bond donors (Lipinski definition) is 1. The lowest BCUT2D eigenvalue weighted by atomic mass is 10.1. The van der Waals surface area contributed by atoms with Crippen molar-refractivity contribution >= 4 is 18.6 Å². The minimum atomic E-state index is -0.0726. The lowest BCUT2D eigenvalue weighted by Crippen LogP contribution is -2.17. The molecule has 0 atom stereocenters. The van der Waals surface area contributed by atoms with Crippen LogP contribution < -0.4 is 0 Å². The molecule has 0 radical (unpaired) electrons. The average molecular weight is 188 g/mol. The summed E-state index contributed by atoms with van der Waals surface area (Å²) in [5.74, 6) is 0.733. The third-order valence-corrected chi connectivity index (χ3v) is 2.85. The van der Waals surface area contributed by atoms with Crippen LogP contribution >= 0.6 is 12.6 Å². The standard InChI is InChI=1S/C9H16O2S/c1-7(2)11-8(10)5-9(6-12)3-4-9/h7,12H,3-6H2,1-2H3. The number of hydrogen-bond acceptors (Lipinski definition) is 3. The predicted octanol–water partition coefficient (Wildman–Crippen LogP) is 2.04. The van der Waals surface area contributed by atoms with E-state index in [4.69, 9.17) is 4.74 Å². The molecule has 0 unspecified atom stereocenters. The molecule has 0 spiro atoms. The smallest absolute Gasteiger partial charge is 0.306 e. The summed E-state index contributed by atoms with van der Waals surface area (Å²) < 4.78 is 5.06. The summed E-state index contributed by atoms with van der Waals surface area (Å²) in [6, 6.07) is 0. The van der Waals surface area contributed by atoms with Gasteiger partial charge in [-0.2, -0.15) is 12.6 Å². The highest BCUT2D eigenvalue weighted by molar-refractivity contribution is 7.80. The number of esters is 1. The second kappa shape index (κ2) is 3.69. The van der Waals surface area contributed by atoms with Crippen LogP contribution in [0.3, 0.4) is 0 Å². The molecular weight excluding hydrogens is 172 g/mol. The van der Waals surface area contributed by atoms with Gasteiger partial charge in [-0.3, -0.25) is 4.79 Å². The van der Waals surface area contributed by atoms with Crippen LogP contribution in [0.4, 0.5) is 0 Å². The van der Waals surface area contributed by atoms with Gasteiger partial charge in [-0.25, -0.2) is 0 Å². The molecule has 0 bridgehead atoms. The third kappa shape index (κ3) is 2.70. The van der Waals surface area contributed by atoms with E-state index in [1.165, 1.54) is 0 Å². The van der Waals surface area contributed by atoms with E-state index in [1.807, 2.05) is 13.8 Å². The van der Waals surface area contributed by atoms with E-state index in [1.54, 1.807) is 0 Å². The Kier molecular flexibility index (Phi) is 3.04. The lowest BCUT2D eigenvalue weighted by Gasteiger charge is -2.12. The second-order valence-corrected chi connectivity index (χ2v) is 4.19. The van der Waals surface area contributed by atoms with Gasteiger partial charge in [-0.05, 0) is 37.9 Å². The molecule has 0 N–H and O–H groups in total. The Morgan fingerprint density at radius 3 is 2.50 bits per heavy atom. The van der Waals surface area contributed by atoms with Gasteiger partial charge in [-0.15, -0.1) is 0 Å². The van der Waals surface area contributed by atoms with Gasteiger partial charge >= 0.3 is 5.97 Å². The quantitative estimate of drug-likeness (QED) is 0.540. The van der Waals surface area contributed by atoms with E-state index in [0.29, 0.717) is 6.42 Å². The summed E-state index contributed by atoms with van der Waals surface area (Å²) in [4.78, 5) is 11.2. The molecule has 1 rings (SSSR count). The summed E-state index contributed by atoms with van der Waals surface area (Å²) in [5, 5.41) is 0. The highest BCUT2D eigenvalue weighted by atomic mass is 32.1. The Morgan fingerprint density at radius 1 is 1.58 bits per heavy atom. The first-order chi connectivity index (χ1) is 5.58. The SMILES string of the molecule is CC(C)OC(=O)CC1(CS)CC1. The highest BCUT2D eigenvalue weighted by Gasteiger charge is 2.43. The van der Waals surface area contributed by atoms with Crippen molar-refractivity contribution in [2.24, 2.45) is 5.41 Å². The molecular formula is C9H16O2S. The molecule has 3 heteroatoms. The number of carbonyl (C=O) groups is 1. The molecule has 1 fully saturated rings. The summed E-state index contributed by atoms with van der Waals surface area (Å²) in [5.41, 5.74) is 0.190. The van der Waals surface area contributed by atoms with Crippen LogP contribution in [-0.4, -0.2) is 17.8 Å². The monoisotopic (exact) mass is 188 g/mol. The molecule has 0 saturated heterocycles. The number of ether oxygens (including phenoxy) is 1. The van der Waals surface area contributed by atoms with Gasteiger partial charge in [0.2, 0.25) is 0 Å². The fourth-order valence-electron chi connectivity index (χ4n) is 1.18. The van der Waals surface area contributed by atoms with E-state index in [9.17, 15) is 4.79 Å². The van der Waals surface area contributed by atoms with Crippen LogP contribution in [0.1, 0.15) is 33.1 Å². The largest absolute Gasteiger partial charge is 0.463 e. The zero-order chi connectivity index (χ0) is 9.19. The van der Waals surface area contributed by atoms with E-state index in [2.05, 4.69) is 12.6 Å². The Labute approximate surface area is 79.1 Å².